The van der Waals surface area contributed by atoms with Crippen LogP contribution in [0.25, 0.3) is 11.0 Å². The number of aromatic nitrogens is 2. The van der Waals surface area contributed by atoms with E-state index >= 15 is 0 Å². The van der Waals surface area contributed by atoms with E-state index in [1.165, 1.54) is 18.6 Å². The Kier molecular flexibility index (Phi) is 2.23. The molecule has 1 saturated carbocycles. The van der Waals surface area contributed by atoms with Crippen molar-refractivity contribution in [1.29, 1.82) is 0 Å². The first-order valence-electron chi connectivity index (χ1n) is 5.99. The molecule has 0 radical (unpaired) electrons. The Hall–Kier alpha value is -1.42. The summed E-state index contributed by atoms with van der Waals surface area (Å²) < 4.78 is 15.2. The number of aryl methyl sites for hydroxylation is 1. The quantitative estimate of drug-likeness (QED) is 0.863. The van der Waals surface area contributed by atoms with E-state index in [0.29, 0.717) is 6.54 Å². The minimum Gasteiger partial charge on any atom is -0.331 e. The fourth-order valence-corrected chi connectivity index (χ4v) is 2.76. The summed E-state index contributed by atoms with van der Waals surface area (Å²) in [6.07, 6.45) is 3.38. The van der Waals surface area contributed by atoms with Crippen molar-refractivity contribution in [3.63, 3.8) is 0 Å². The maximum Gasteiger partial charge on any atom is 0.125 e. The first-order valence-corrected chi connectivity index (χ1v) is 5.99. The largest absolute Gasteiger partial charge is 0.331 e. The lowest BCUT2D eigenvalue weighted by Gasteiger charge is -2.40. The number of halogens is 1. The average molecular weight is 233 g/mol. The minimum absolute atomic E-state index is 0.0181. The molecular formula is C13H16FN3. The highest BCUT2D eigenvalue weighted by atomic mass is 19.1. The molecule has 1 aromatic heterocycles. The van der Waals surface area contributed by atoms with Crippen molar-refractivity contribution in [2.24, 2.45) is 12.8 Å². The van der Waals surface area contributed by atoms with Gasteiger partial charge in [-0.05, 0) is 31.0 Å². The molecule has 1 fully saturated rings. The van der Waals surface area contributed by atoms with E-state index in [1.54, 1.807) is 6.07 Å². The van der Waals surface area contributed by atoms with E-state index in [9.17, 15) is 4.39 Å². The molecule has 4 heteroatoms. The van der Waals surface area contributed by atoms with Crippen LogP contribution in [-0.4, -0.2) is 16.1 Å². The third kappa shape index (κ3) is 1.40. The van der Waals surface area contributed by atoms with Crippen molar-refractivity contribution in [1.82, 2.24) is 9.55 Å². The van der Waals surface area contributed by atoms with Gasteiger partial charge in [0.05, 0.1) is 11.0 Å². The van der Waals surface area contributed by atoms with Gasteiger partial charge in [-0.15, -0.1) is 0 Å². The molecule has 0 saturated heterocycles. The predicted molar refractivity (Wildman–Crippen MR) is 65.3 cm³/mol. The zero-order valence-corrected chi connectivity index (χ0v) is 9.91. The third-order valence-electron chi connectivity index (χ3n) is 4.02. The van der Waals surface area contributed by atoms with Gasteiger partial charge in [0.15, 0.2) is 0 Å². The molecule has 1 heterocycles. The summed E-state index contributed by atoms with van der Waals surface area (Å²) in [5.41, 5.74) is 7.61. The molecule has 0 bridgehead atoms. The Balaban J connectivity index is 2.21. The number of hydrogen-bond donors (Lipinski definition) is 1. The van der Waals surface area contributed by atoms with Crippen LogP contribution in [-0.2, 0) is 12.5 Å². The van der Waals surface area contributed by atoms with E-state index in [-0.39, 0.29) is 11.2 Å². The van der Waals surface area contributed by atoms with Gasteiger partial charge in [-0.25, -0.2) is 9.37 Å². The van der Waals surface area contributed by atoms with Gasteiger partial charge in [-0.2, -0.15) is 0 Å². The van der Waals surface area contributed by atoms with E-state index in [2.05, 4.69) is 4.98 Å². The molecule has 0 atom stereocenters. The summed E-state index contributed by atoms with van der Waals surface area (Å²) in [6, 6.07) is 4.72. The van der Waals surface area contributed by atoms with E-state index in [1.807, 2.05) is 11.6 Å². The molecule has 2 N–H and O–H groups in total. The van der Waals surface area contributed by atoms with Gasteiger partial charge >= 0.3 is 0 Å². The number of rotatable bonds is 2. The second-order valence-corrected chi connectivity index (χ2v) is 4.97. The molecule has 0 spiro atoms. The van der Waals surface area contributed by atoms with Crippen LogP contribution in [0.15, 0.2) is 18.2 Å². The Bertz CT molecular complexity index is 564. The minimum atomic E-state index is -0.220. The molecule has 0 aliphatic heterocycles. The highest BCUT2D eigenvalue weighted by Crippen LogP contribution is 2.42. The number of nitrogens with zero attached hydrogens (tertiary/aromatic N) is 2. The molecule has 90 valence electrons. The maximum atomic E-state index is 13.2. The molecular weight excluding hydrogens is 217 g/mol. The third-order valence-corrected chi connectivity index (χ3v) is 4.02. The Morgan fingerprint density at radius 2 is 2.24 bits per heavy atom. The molecule has 1 aromatic carbocycles. The van der Waals surface area contributed by atoms with Crippen LogP contribution in [0.5, 0.6) is 0 Å². The van der Waals surface area contributed by atoms with Crippen LogP contribution in [0.4, 0.5) is 4.39 Å². The van der Waals surface area contributed by atoms with Crippen LogP contribution in [0.2, 0.25) is 0 Å². The first-order chi connectivity index (χ1) is 8.16. The zero-order chi connectivity index (χ0) is 12.0. The van der Waals surface area contributed by atoms with Crippen molar-refractivity contribution in [3.05, 3.63) is 29.8 Å². The summed E-state index contributed by atoms with van der Waals surface area (Å²) in [6.45, 7) is 0.618. The Morgan fingerprint density at radius 3 is 2.82 bits per heavy atom. The normalized spacial score (nSPS) is 18.3. The second kappa shape index (κ2) is 3.53. The topological polar surface area (TPSA) is 43.8 Å². The lowest BCUT2D eigenvalue weighted by atomic mass is 9.68. The molecule has 0 amide bonds. The van der Waals surface area contributed by atoms with Crippen LogP contribution >= 0.6 is 0 Å². The molecule has 3 rings (SSSR count). The van der Waals surface area contributed by atoms with Gasteiger partial charge in [-0.1, -0.05) is 6.42 Å². The van der Waals surface area contributed by atoms with Crippen molar-refractivity contribution in [3.8, 4) is 0 Å². The lowest BCUT2D eigenvalue weighted by molar-refractivity contribution is 0.233. The van der Waals surface area contributed by atoms with Gasteiger partial charge in [0.1, 0.15) is 11.6 Å². The monoisotopic (exact) mass is 233 g/mol. The highest BCUT2D eigenvalue weighted by Gasteiger charge is 2.41. The van der Waals surface area contributed by atoms with Crippen molar-refractivity contribution >= 4 is 11.0 Å². The van der Waals surface area contributed by atoms with Crippen LogP contribution in [0.3, 0.4) is 0 Å². The fourth-order valence-electron chi connectivity index (χ4n) is 2.76. The predicted octanol–water partition coefficient (Wildman–Crippen LogP) is 2.09. The van der Waals surface area contributed by atoms with Crippen molar-refractivity contribution in [2.75, 3.05) is 6.54 Å². The molecule has 1 aliphatic rings. The van der Waals surface area contributed by atoms with Gasteiger partial charge in [0, 0.05) is 19.0 Å². The van der Waals surface area contributed by atoms with E-state index in [4.69, 9.17) is 5.73 Å². The molecule has 0 unspecified atom stereocenters. The van der Waals surface area contributed by atoms with Gasteiger partial charge in [0.25, 0.3) is 0 Å². The van der Waals surface area contributed by atoms with Gasteiger partial charge in [-0.3, -0.25) is 0 Å². The SMILES string of the molecule is Cn1c(C2(CN)CCC2)nc2ccc(F)cc21. The average Bonchev–Trinajstić information content (AvgIpc) is 2.57. The Morgan fingerprint density at radius 1 is 1.47 bits per heavy atom. The second-order valence-electron chi connectivity index (χ2n) is 4.97. The van der Waals surface area contributed by atoms with E-state index < -0.39 is 0 Å². The van der Waals surface area contributed by atoms with Gasteiger partial charge in [0.2, 0.25) is 0 Å². The van der Waals surface area contributed by atoms with E-state index in [0.717, 1.165) is 29.7 Å². The van der Waals surface area contributed by atoms with Crippen molar-refractivity contribution < 1.29 is 4.39 Å². The number of fused-ring (bicyclic) bond motifs is 1. The molecule has 17 heavy (non-hydrogen) atoms. The van der Waals surface area contributed by atoms with Gasteiger partial charge < -0.3 is 10.3 Å². The number of imidazole rings is 1. The molecule has 2 aromatic rings. The number of nitrogens with two attached hydrogens (primary N) is 1. The fraction of sp³-hybridized carbons (Fsp3) is 0.462. The summed E-state index contributed by atoms with van der Waals surface area (Å²) >= 11 is 0. The highest BCUT2D eigenvalue weighted by molar-refractivity contribution is 5.76. The summed E-state index contributed by atoms with van der Waals surface area (Å²) in [5, 5.41) is 0. The summed E-state index contributed by atoms with van der Waals surface area (Å²) in [7, 11) is 1.94. The molecule has 3 nitrogen and oxygen atoms in total. The smallest absolute Gasteiger partial charge is 0.125 e. The number of benzene rings is 1. The Labute approximate surface area is 99.4 Å². The standard InChI is InChI=1S/C13H16FN3/c1-17-11-7-9(14)3-4-10(11)16-12(17)13(8-15)5-2-6-13/h3-4,7H,2,5-6,8,15H2,1H3. The van der Waals surface area contributed by atoms with Crippen LogP contribution in [0.1, 0.15) is 25.1 Å². The van der Waals surface area contributed by atoms with Crippen LogP contribution in [0, 0.1) is 5.82 Å². The lowest BCUT2D eigenvalue weighted by Crippen LogP contribution is -2.43. The zero-order valence-electron chi connectivity index (χ0n) is 9.91. The first kappa shape index (κ1) is 10.7. The number of hydrogen-bond acceptors (Lipinski definition) is 2. The van der Waals surface area contributed by atoms with Crippen molar-refractivity contribution in [2.45, 2.75) is 24.7 Å². The van der Waals surface area contributed by atoms with Crippen LogP contribution < -0.4 is 5.73 Å². The summed E-state index contributed by atoms with van der Waals surface area (Å²) in [5.74, 6) is 0.786. The molecule has 1 aliphatic carbocycles. The summed E-state index contributed by atoms with van der Waals surface area (Å²) in [4.78, 5) is 4.63. The maximum absolute atomic E-state index is 13.2.